The van der Waals surface area contributed by atoms with E-state index in [0.29, 0.717) is 30.8 Å². The van der Waals surface area contributed by atoms with Gasteiger partial charge in [-0.15, -0.1) is 0 Å². The van der Waals surface area contributed by atoms with Crippen LogP contribution in [-0.2, 0) is 0 Å². The van der Waals surface area contributed by atoms with Crippen LogP contribution in [0, 0.1) is 11.7 Å². The van der Waals surface area contributed by atoms with E-state index in [1.165, 1.54) is 6.07 Å². The molecule has 1 saturated heterocycles. The highest BCUT2D eigenvalue weighted by molar-refractivity contribution is 5.98. The smallest absolute Gasteiger partial charge is 0.317 e. The van der Waals surface area contributed by atoms with Crippen LogP contribution in [0.5, 0.6) is 0 Å². The molecule has 0 spiro atoms. The molecule has 2 amide bonds. The number of ketones is 1. The summed E-state index contributed by atoms with van der Waals surface area (Å²) in [5.41, 5.74) is 1.63. The standard InChI is InChI=1S/C22H25FN2O2/c1-2-12-24-22(27)25-13-6-9-18(15-25)21(26)17-10-11-19(20(23)14-17)16-7-4-3-5-8-16/h3-5,7-8,10-11,14,18H,2,6,9,12-13,15H2,1H3,(H,24,27)/t18-/m0/s1. The number of nitrogens with one attached hydrogen (secondary N) is 1. The summed E-state index contributed by atoms with van der Waals surface area (Å²) >= 11 is 0. The lowest BCUT2D eigenvalue weighted by atomic mass is 9.89. The van der Waals surface area contributed by atoms with Crippen molar-refractivity contribution in [1.29, 1.82) is 0 Å². The Labute approximate surface area is 159 Å². The van der Waals surface area contributed by atoms with Gasteiger partial charge in [-0.25, -0.2) is 9.18 Å². The van der Waals surface area contributed by atoms with Gasteiger partial charge in [0.1, 0.15) is 5.82 Å². The summed E-state index contributed by atoms with van der Waals surface area (Å²) in [6.45, 7) is 3.66. The average molecular weight is 368 g/mol. The number of urea groups is 1. The summed E-state index contributed by atoms with van der Waals surface area (Å²) < 4.78 is 14.6. The molecule has 4 nitrogen and oxygen atoms in total. The summed E-state index contributed by atoms with van der Waals surface area (Å²) in [5.74, 6) is -0.782. The Morgan fingerprint density at radius 3 is 2.67 bits per heavy atom. The van der Waals surface area contributed by atoms with Gasteiger partial charge in [-0.1, -0.05) is 49.4 Å². The van der Waals surface area contributed by atoms with Crippen LogP contribution in [0.4, 0.5) is 9.18 Å². The molecule has 0 radical (unpaired) electrons. The number of amides is 2. The van der Waals surface area contributed by atoms with Gasteiger partial charge < -0.3 is 10.2 Å². The average Bonchev–Trinajstić information content (AvgIpc) is 2.72. The fraction of sp³-hybridized carbons (Fsp3) is 0.364. The number of rotatable bonds is 5. The number of nitrogens with zero attached hydrogens (tertiary/aromatic N) is 1. The van der Waals surface area contributed by atoms with Crippen LogP contribution in [0.3, 0.4) is 0 Å². The fourth-order valence-electron chi connectivity index (χ4n) is 3.48. The number of hydrogen-bond donors (Lipinski definition) is 1. The first kappa shape index (κ1) is 19.1. The molecular weight excluding hydrogens is 343 g/mol. The van der Waals surface area contributed by atoms with Gasteiger partial charge in [0.25, 0.3) is 0 Å². The summed E-state index contributed by atoms with van der Waals surface area (Å²) in [6.07, 6.45) is 2.37. The van der Waals surface area contributed by atoms with Crippen LogP contribution >= 0.6 is 0 Å². The highest BCUT2D eigenvalue weighted by Crippen LogP contribution is 2.26. The molecule has 1 aliphatic heterocycles. The minimum atomic E-state index is -0.402. The van der Waals surface area contributed by atoms with Gasteiger partial charge in [-0.3, -0.25) is 4.79 Å². The Morgan fingerprint density at radius 1 is 1.19 bits per heavy atom. The summed E-state index contributed by atoms with van der Waals surface area (Å²) in [5, 5.41) is 2.85. The maximum absolute atomic E-state index is 14.6. The first-order chi connectivity index (χ1) is 13.1. The van der Waals surface area contributed by atoms with Crippen LogP contribution in [0.15, 0.2) is 48.5 Å². The van der Waals surface area contributed by atoms with Crippen LogP contribution in [0.2, 0.25) is 0 Å². The van der Waals surface area contributed by atoms with Gasteiger partial charge in [-0.2, -0.15) is 0 Å². The van der Waals surface area contributed by atoms with Crippen molar-refractivity contribution in [2.75, 3.05) is 19.6 Å². The number of piperidine rings is 1. The minimum absolute atomic E-state index is 0.0958. The molecule has 5 heteroatoms. The molecule has 1 heterocycles. The number of hydrogen-bond acceptors (Lipinski definition) is 2. The van der Waals surface area contributed by atoms with E-state index < -0.39 is 5.82 Å². The van der Waals surface area contributed by atoms with Crippen molar-refractivity contribution in [3.63, 3.8) is 0 Å². The zero-order valence-corrected chi connectivity index (χ0v) is 15.6. The van der Waals surface area contributed by atoms with E-state index in [1.807, 2.05) is 37.3 Å². The van der Waals surface area contributed by atoms with Gasteiger partial charge in [0.05, 0.1) is 0 Å². The Kier molecular flexibility index (Phi) is 6.22. The first-order valence-corrected chi connectivity index (χ1v) is 9.52. The van der Waals surface area contributed by atoms with E-state index in [1.54, 1.807) is 17.0 Å². The molecule has 3 rings (SSSR count). The zero-order chi connectivity index (χ0) is 19.2. The number of benzene rings is 2. The van der Waals surface area contributed by atoms with E-state index in [-0.39, 0.29) is 17.7 Å². The van der Waals surface area contributed by atoms with E-state index in [4.69, 9.17) is 0 Å². The lowest BCUT2D eigenvalue weighted by molar-refractivity contribution is 0.0845. The molecule has 0 bridgehead atoms. The molecule has 1 N–H and O–H groups in total. The van der Waals surface area contributed by atoms with Crippen molar-refractivity contribution < 1.29 is 14.0 Å². The van der Waals surface area contributed by atoms with Crippen molar-refractivity contribution >= 4 is 11.8 Å². The van der Waals surface area contributed by atoms with E-state index in [2.05, 4.69) is 5.32 Å². The second kappa shape index (κ2) is 8.80. The van der Waals surface area contributed by atoms with Crippen molar-refractivity contribution in [1.82, 2.24) is 10.2 Å². The predicted octanol–water partition coefficient (Wildman–Crippen LogP) is 4.51. The minimum Gasteiger partial charge on any atom is -0.338 e. The number of halogens is 1. The molecule has 2 aromatic carbocycles. The van der Waals surface area contributed by atoms with Crippen molar-refractivity contribution in [3.8, 4) is 11.1 Å². The topological polar surface area (TPSA) is 49.4 Å². The third-order valence-corrected chi connectivity index (χ3v) is 4.94. The molecule has 0 aromatic heterocycles. The number of carbonyl (C=O) groups is 2. The second-order valence-electron chi connectivity index (χ2n) is 6.94. The largest absolute Gasteiger partial charge is 0.338 e. The van der Waals surface area contributed by atoms with E-state index in [0.717, 1.165) is 24.8 Å². The van der Waals surface area contributed by atoms with Gasteiger partial charge in [0.2, 0.25) is 0 Å². The Morgan fingerprint density at radius 2 is 1.96 bits per heavy atom. The normalized spacial score (nSPS) is 16.8. The lowest BCUT2D eigenvalue weighted by Gasteiger charge is -2.32. The van der Waals surface area contributed by atoms with E-state index >= 15 is 0 Å². The molecule has 142 valence electrons. The molecule has 1 atom stereocenters. The van der Waals surface area contributed by atoms with Gasteiger partial charge in [0, 0.05) is 36.7 Å². The second-order valence-corrected chi connectivity index (χ2v) is 6.94. The summed E-state index contributed by atoms with van der Waals surface area (Å²) in [6, 6.07) is 13.8. The maximum Gasteiger partial charge on any atom is 0.317 e. The molecule has 1 aliphatic rings. The molecule has 0 saturated carbocycles. The van der Waals surface area contributed by atoms with Crippen molar-refractivity contribution in [2.24, 2.45) is 5.92 Å². The van der Waals surface area contributed by atoms with Crippen LogP contribution in [0.1, 0.15) is 36.5 Å². The Balaban J connectivity index is 1.72. The Bertz CT molecular complexity index is 807. The highest BCUT2D eigenvalue weighted by atomic mass is 19.1. The van der Waals surface area contributed by atoms with Crippen LogP contribution in [-0.4, -0.2) is 36.3 Å². The Hall–Kier alpha value is -2.69. The first-order valence-electron chi connectivity index (χ1n) is 9.52. The molecule has 0 aliphatic carbocycles. The summed E-state index contributed by atoms with van der Waals surface area (Å²) in [4.78, 5) is 26.7. The third kappa shape index (κ3) is 4.54. The maximum atomic E-state index is 14.6. The third-order valence-electron chi connectivity index (χ3n) is 4.94. The van der Waals surface area contributed by atoms with Crippen molar-refractivity contribution in [2.45, 2.75) is 26.2 Å². The molecule has 1 fully saturated rings. The predicted molar refractivity (Wildman–Crippen MR) is 104 cm³/mol. The quantitative estimate of drug-likeness (QED) is 0.790. The lowest BCUT2D eigenvalue weighted by Crippen LogP contribution is -2.47. The highest BCUT2D eigenvalue weighted by Gasteiger charge is 2.29. The number of Topliss-reactive ketones (excluding diaryl/α,β-unsaturated/α-hetero) is 1. The van der Waals surface area contributed by atoms with Crippen molar-refractivity contribution in [3.05, 3.63) is 59.9 Å². The fourth-order valence-corrected chi connectivity index (χ4v) is 3.48. The molecule has 27 heavy (non-hydrogen) atoms. The van der Waals surface area contributed by atoms with E-state index in [9.17, 15) is 14.0 Å². The SMILES string of the molecule is CCCNC(=O)N1CCC[C@H](C(=O)c2ccc(-c3ccccc3)c(F)c2)C1. The van der Waals surface area contributed by atoms with Crippen LogP contribution < -0.4 is 5.32 Å². The monoisotopic (exact) mass is 368 g/mol. The zero-order valence-electron chi connectivity index (χ0n) is 15.6. The van der Waals surface area contributed by atoms with Gasteiger partial charge in [0.15, 0.2) is 5.78 Å². The molecular formula is C22H25FN2O2. The van der Waals surface area contributed by atoms with Crippen LogP contribution in [0.25, 0.3) is 11.1 Å². The number of carbonyl (C=O) groups excluding carboxylic acids is 2. The van der Waals surface area contributed by atoms with Gasteiger partial charge in [-0.05, 0) is 30.9 Å². The molecule has 0 unspecified atom stereocenters. The summed E-state index contributed by atoms with van der Waals surface area (Å²) in [7, 11) is 0. The van der Waals surface area contributed by atoms with Gasteiger partial charge >= 0.3 is 6.03 Å². The molecule has 2 aromatic rings. The number of likely N-dealkylation sites (tertiary alicyclic amines) is 1.